The number of nitriles is 1. The zero-order chi connectivity index (χ0) is 14.2. The Labute approximate surface area is 117 Å². The lowest BCUT2D eigenvalue weighted by Gasteiger charge is -2.22. The SMILES string of the molecule is N#C[C@]1(Cc2ccc(O)cc2)CCc2cc(O)ccc21. The Morgan fingerprint density at radius 3 is 2.45 bits per heavy atom. The summed E-state index contributed by atoms with van der Waals surface area (Å²) in [5, 5.41) is 28.6. The molecule has 0 bridgehead atoms. The lowest BCUT2D eigenvalue weighted by Crippen LogP contribution is -2.23. The molecular weight excluding hydrogens is 250 g/mol. The highest BCUT2D eigenvalue weighted by atomic mass is 16.3. The number of nitrogens with zero attached hydrogens (tertiary/aromatic N) is 1. The molecule has 0 amide bonds. The van der Waals surface area contributed by atoms with Crippen LogP contribution in [0.2, 0.25) is 0 Å². The van der Waals surface area contributed by atoms with Gasteiger partial charge in [0.15, 0.2) is 0 Å². The van der Waals surface area contributed by atoms with Crippen molar-refractivity contribution in [2.24, 2.45) is 0 Å². The second-order valence-electron chi connectivity index (χ2n) is 5.38. The molecule has 0 aromatic heterocycles. The van der Waals surface area contributed by atoms with E-state index in [-0.39, 0.29) is 11.5 Å². The van der Waals surface area contributed by atoms with E-state index >= 15 is 0 Å². The van der Waals surface area contributed by atoms with Gasteiger partial charge in [0.1, 0.15) is 11.5 Å². The molecule has 3 nitrogen and oxygen atoms in total. The Morgan fingerprint density at radius 1 is 1.05 bits per heavy atom. The van der Waals surface area contributed by atoms with Crippen molar-refractivity contribution in [2.75, 3.05) is 0 Å². The molecule has 0 unspecified atom stereocenters. The summed E-state index contributed by atoms with van der Waals surface area (Å²) in [5.41, 5.74) is 2.58. The molecule has 20 heavy (non-hydrogen) atoms. The fourth-order valence-electron chi connectivity index (χ4n) is 3.04. The number of hydrogen-bond acceptors (Lipinski definition) is 3. The molecule has 3 heteroatoms. The third kappa shape index (κ3) is 2.00. The summed E-state index contributed by atoms with van der Waals surface area (Å²) >= 11 is 0. The predicted molar refractivity (Wildman–Crippen MR) is 75.5 cm³/mol. The number of hydrogen-bond donors (Lipinski definition) is 2. The molecular formula is C17H15NO2. The molecule has 1 atom stereocenters. The van der Waals surface area contributed by atoms with Crippen LogP contribution in [-0.2, 0) is 18.3 Å². The molecule has 2 N–H and O–H groups in total. The molecule has 0 saturated heterocycles. The number of rotatable bonds is 2. The van der Waals surface area contributed by atoms with Crippen molar-refractivity contribution in [1.82, 2.24) is 0 Å². The highest BCUT2D eigenvalue weighted by molar-refractivity contribution is 5.48. The summed E-state index contributed by atoms with van der Waals surface area (Å²) in [7, 11) is 0. The van der Waals surface area contributed by atoms with Crippen molar-refractivity contribution in [1.29, 1.82) is 5.26 Å². The Hall–Kier alpha value is -2.47. The Kier molecular flexibility index (Phi) is 2.87. The monoisotopic (exact) mass is 265 g/mol. The summed E-state index contributed by atoms with van der Waals surface area (Å²) < 4.78 is 0. The largest absolute Gasteiger partial charge is 0.508 e. The summed E-state index contributed by atoms with van der Waals surface area (Å²) in [6.07, 6.45) is 2.21. The van der Waals surface area contributed by atoms with Crippen molar-refractivity contribution in [3.8, 4) is 17.6 Å². The molecule has 0 saturated carbocycles. The third-order valence-electron chi connectivity index (χ3n) is 4.08. The zero-order valence-corrected chi connectivity index (χ0v) is 11.0. The maximum Gasteiger partial charge on any atom is 0.115 e. The minimum atomic E-state index is -0.528. The number of phenols is 2. The molecule has 1 aliphatic rings. The minimum Gasteiger partial charge on any atom is -0.508 e. The Morgan fingerprint density at radius 2 is 1.75 bits per heavy atom. The van der Waals surface area contributed by atoms with Gasteiger partial charge in [0, 0.05) is 0 Å². The average Bonchev–Trinajstić information content (AvgIpc) is 2.80. The molecule has 0 spiro atoms. The van der Waals surface area contributed by atoms with Crippen molar-refractivity contribution in [3.63, 3.8) is 0 Å². The van der Waals surface area contributed by atoms with Gasteiger partial charge in [-0.1, -0.05) is 18.2 Å². The molecule has 100 valence electrons. The molecule has 0 aliphatic heterocycles. The van der Waals surface area contributed by atoms with Crippen LogP contribution in [0, 0.1) is 11.3 Å². The topological polar surface area (TPSA) is 64.2 Å². The molecule has 3 rings (SSSR count). The molecule has 0 fully saturated rings. The number of aromatic hydroxyl groups is 2. The molecule has 1 aliphatic carbocycles. The van der Waals surface area contributed by atoms with Crippen LogP contribution in [0.5, 0.6) is 11.5 Å². The lowest BCUT2D eigenvalue weighted by molar-refractivity contribution is 0.473. The van der Waals surface area contributed by atoms with Gasteiger partial charge < -0.3 is 10.2 Å². The maximum atomic E-state index is 9.69. The zero-order valence-electron chi connectivity index (χ0n) is 11.0. The first kappa shape index (κ1) is 12.6. The van der Waals surface area contributed by atoms with E-state index in [0.29, 0.717) is 6.42 Å². The van der Waals surface area contributed by atoms with E-state index in [9.17, 15) is 15.5 Å². The standard InChI is InChI=1S/C17H15NO2/c18-11-17(10-12-1-3-14(19)4-2-12)8-7-13-9-15(20)5-6-16(13)17/h1-6,9,19-20H,7-8,10H2/t17-/m1/s1. The van der Waals surface area contributed by atoms with E-state index in [1.54, 1.807) is 24.3 Å². The quantitative estimate of drug-likeness (QED) is 0.877. The number of fused-ring (bicyclic) bond motifs is 1. The smallest absolute Gasteiger partial charge is 0.115 e. The number of aryl methyl sites for hydroxylation is 1. The summed E-state index contributed by atoms with van der Waals surface area (Å²) in [4.78, 5) is 0. The fourth-order valence-corrected chi connectivity index (χ4v) is 3.04. The van der Waals surface area contributed by atoms with Gasteiger partial charge in [0.25, 0.3) is 0 Å². The number of phenolic OH excluding ortho intramolecular Hbond substituents is 2. The predicted octanol–water partition coefficient (Wildman–Crippen LogP) is 3.05. The maximum absolute atomic E-state index is 9.69. The van der Waals surface area contributed by atoms with E-state index in [1.165, 1.54) is 0 Å². The van der Waals surface area contributed by atoms with Crippen LogP contribution in [0.1, 0.15) is 23.1 Å². The lowest BCUT2D eigenvalue weighted by atomic mass is 9.78. The van der Waals surface area contributed by atoms with Crippen LogP contribution in [-0.4, -0.2) is 10.2 Å². The van der Waals surface area contributed by atoms with E-state index < -0.39 is 5.41 Å². The summed E-state index contributed by atoms with van der Waals surface area (Å²) in [6, 6.07) is 14.7. The van der Waals surface area contributed by atoms with Crippen molar-refractivity contribution in [3.05, 3.63) is 59.2 Å². The van der Waals surface area contributed by atoms with Gasteiger partial charge in [0.05, 0.1) is 11.5 Å². The summed E-state index contributed by atoms with van der Waals surface area (Å²) in [6.45, 7) is 0. The normalized spacial score (nSPS) is 20.4. The highest BCUT2D eigenvalue weighted by Gasteiger charge is 2.39. The second-order valence-corrected chi connectivity index (χ2v) is 5.38. The first-order chi connectivity index (χ1) is 9.63. The first-order valence-electron chi connectivity index (χ1n) is 6.64. The van der Waals surface area contributed by atoms with Gasteiger partial charge in [-0.15, -0.1) is 0 Å². The van der Waals surface area contributed by atoms with E-state index in [2.05, 4.69) is 6.07 Å². The van der Waals surface area contributed by atoms with Crippen molar-refractivity contribution >= 4 is 0 Å². The van der Waals surface area contributed by atoms with Crippen LogP contribution < -0.4 is 0 Å². The van der Waals surface area contributed by atoms with Gasteiger partial charge in [-0.2, -0.15) is 5.26 Å². The fraction of sp³-hybridized carbons (Fsp3) is 0.235. The minimum absolute atomic E-state index is 0.233. The third-order valence-corrected chi connectivity index (χ3v) is 4.08. The van der Waals surface area contributed by atoms with Gasteiger partial charge >= 0.3 is 0 Å². The van der Waals surface area contributed by atoms with E-state index in [1.807, 2.05) is 18.2 Å². The van der Waals surface area contributed by atoms with Gasteiger partial charge in [-0.3, -0.25) is 0 Å². The van der Waals surface area contributed by atoms with Crippen LogP contribution in [0.25, 0.3) is 0 Å². The van der Waals surface area contributed by atoms with Gasteiger partial charge in [-0.05, 0) is 60.2 Å². The van der Waals surface area contributed by atoms with Crippen LogP contribution in [0.15, 0.2) is 42.5 Å². The molecule has 0 heterocycles. The Balaban J connectivity index is 1.99. The van der Waals surface area contributed by atoms with Crippen LogP contribution in [0.4, 0.5) is 0 Å². The van der Waals surface area contributed by atoms with Crippen LogP contribution >= 0.6 is 0 Å². The summed E-state index contributed by atoms with van der Waals surface area (Å²) in [5.74, 6) is 0.485. The molecule has 2 aromatic carbocycles. The van der Waals surface area contributed by atoms with Crippen molar-refractivity contribution < 1.29 is 10.2 Å². The number of benzene rings is 2. The molecule has 0 radical (unpaired) electrons. The van der Waals surface area contributed by atoms with Gasteiger partial charge in [0.2, 0.25) is 0 Å². The van der Waals surface area contributed by atoms with Crippen molar-refractivity contribution in [2.45, 2.75) is 24.7 Å². The van der Waals surface area contributed by atoms with E-state index in [4.69, 9.17) is 0 Å². The highest BCUT2D eigenvalue weighted by Crippen LogP contribution is 2.42. The second kappa shape index (κ2) is 4.57. The molecule has 2 aromatic rings. The first-order valence-corrected chi connectivity index (χ1v) is 6.64. The van der Waals surface area contributed by atoms with Gasteiger partial charge in [-0.25, -0.2) is 0 Å². The van der Waals surface area contributed by atoms with Crippen LogP contribution in [0.3, 0.4) is 0 Å². The average molecular weight is 265 g/mol. The van der Waals surface area contributed by atoms with E-state index in [0.717, 1.165) is 29.5 Å². The Bertz CT molecular complexity index is 685.